The number of alkyl halides is 2. The molecule has 62 valence electrons. The van der Waals surface area contributed by atoms with Gasteiger partial charge in [0.1, 0.15) is 0 Å². The molecule has 1 saturated carbocycles. The third kappa shape index (κ3) is 2.39. The maximum Gasteiger partial charge on any atom is 0.248 e. The van der Waals surface area contributed by atoms with E-state index in [1.165, 1.54) is 0 Å². The van der Waals surface area contributed by atoms with Crippen molar-refractivity contribution in [2.75, 3.05) is 6.54 Å². The summed E-state index contributed by atoms with van der Waals surface area (Å²) < 4.78 is 24.7. The number of hydrogen-bond donors (Lipinski definition) is 1. The third-order valence-electron chi connectivity index (χ3n) is 1.84. The first-order valence-corrected chi connectivity index (χ1v) is 3.22. The second-order valence-electron chi connectivity index (χ2n) is 2.70. The number of rotatable bonds is 1. The molecule has 0 radical (unpaired) electrons. The predicted octanol–water partition coefficient (Wildman–Crippen LogP) is 1.80. The number of nitrogens with two attached hydrogens (primary N) is 1. The molecular weight excluding hydrogens is 160 g/mol. The summed E-state index contributed by atoms with van der Waals surface area (Å²) >= 11 is 0. The molecule has 1 rings (SSSR count). The summed E-state index contributed by atoms with van der Waals surface area (Å²) in [5, 5.41) is 0. The van der Waals surface area contributed by atoms with Gasteiger partial charge in [0.2, 0.25) is 5.92 Å². The Morgan fingerprint density at radius 2 is 2.10 bits per heavy atom. The van der Waals surface area contributed by atoms with Crippen molar-refractivity contribution in [3.05, 3.63) is 0 Å². The molecule has 0 aromatic carbocycles. The summed E-state index contributed by atoms with van der Waals surface area (Å²) in [5.41, 5.74) is 5.22. The maximum atomic E-state index is 12.3. The average molecular weight is 172 g/mol. The van der Waals surface area contributed by atoms with E-state index in [0.717, 1.165) is 0 Å². The van der Waals surface area contributed by atoms with Gasteiger partial charge in [-0.2, -0.15) is 0 Å². The fourth-order valence-electron chi connectivity index (χ4n) is 1.24. The largest absolute Gasteiger partial charge is 0.330 e. The topological polar surface area (TPSA) is 26.0 Å². The molecule has 1 atom stereocenters. The van der Waals surface area contributed by atoms with Gasteiger partial charge in [-0.05, 0) is 18.9 Å². The van der Waals surface area contributed by atoms with Gasteiger partial charge in [-0.15, -0.1) is 12.4 Å². The van der Waals surface area contributed by atoms with E-state index >= 15 is 0 Å². The Morgan fingerprint density at radius 1 is 1.50 bits per heavy atom. The van der Waals surface area contributed by atoms with Gasteiger partial charge in [0.25, 0.3) is 0 Å². The first-order chi connectivity index (χ1) is 4.14. The molecule has 1 aliphatic carbocycles. The zero-order chi connectivity index (χ0) is 6.91. The standard InChI is InChI=1S/C6H11F2N.ClH/c7-6(8)2-1-5(3-6)4-9;/h5H,1-4,9H2;1H/t5-;/m1./s1. The van der Waals surface area contributed by atoms with Crippen LogP contribution in [0, 0.1) is 5.92 Å². The Bertz CT molecular complexity index is 108. The van der Waals surface area contributed by atoms with Crippen molar-refractivity contribution in [2.45, 2.75) is 25.2 Å². The molecule has 0 unspecified atom stereocenters. The van der Waals surface area contributed by atoms with Crippen molar-refractivity contribution < 1.29 is 8.78 Å². The van der Waals surface area contributed by atoms with Gasteiger partial charge in [0.05, 0.1) is 0 Å². The van der Waals surface area contributed by atoms with E-state index in [2.05, 4.69) is 0 Å². The van der Waals surface area contributed by atoms with E-state index in [1.54, 1.807) is 0 Å². The summed E-state index contributed by atoms with van der Waals surface area (Å²) in [4.78, 5) is 0. The van der Waals surface area contributed by atoms with E-state index < -0.39 is 5.92 Å². The maximum absolute atomic E-state index is 12.3. The van der Waals surface area contributed by atoms with Crippen LogP contribution in [0.2, 0.25) is 0 Å². The van der Waals surface area contributed by atoms with Crippen LogP contribution in [0.3, 0.4) is 0 Å². The minimum Gasteiger partial charge on any atom is -0.330 e. The van der Waals surface area contributed by atoms with Crippen LogP contribution in [0.5, 0.6) is 0 Å². The first kappa shape index (κ1) is 10.1. The fraction of sp³-hybridized carbons (Fsp3) is 1.00. The smallest absolute Gasteiger partial charge is 0.248 e. The third-order valence-corrected chi connectivity index (χ3v) is 1.84. The van der Waals surface area contributed by atoms with Crippen molar-refractivity contribution >= 4 is 12.4 Å². The van der Waals surface area contributed by atoms with Gasteiger partial charge in [-0.3, -0.25) is 0 Å². The number of hydrogen-bond acceptors (Lipinski definition) is 1. The summed E-state index contributed by atoms with van der Waals surface area (Å²) in [6, 6.07) is 0. The highest BCUT2D eigenvalue weighted by Crippen LogP contribution is 2.37. The van der Waals surface area contributed by atoms with Crippen molar-refractivity contribution in [3.8, 4) is 0 Å². The zero-order valence-corrected chi connectivity index (χ0v) is 6.46. The first-order valence-electron chi connectivity index (χ1n) is 3.22. The second-order valence-corrected chi connectivity index (χ2v) is 2.70. The molecule has 1 fully saturated rings. The quantitative estimate of drug-likeness (QED) is 0.640. The van der Waals surface area contributed by atoms with Gasteiger partial charge < -0.3 is 5.73 Å². The van der Waals surface area contributed by atoms with Crippen molar-refractivity contribution in [3.63, 3.8) is 0 Å². The van der Waals surface area contributed by atoms with E-state index in [1.807, 2.05) is 0 Å². The Labute approximate surface area is 65.4 Å². The van der Waals surface area contributed by atoms with Gasteiger partial charge in [0, 0.05) is 12.8 Å². The van der Waals surface area contributed by atoms with Gasteiger partial charge >= 0.3 is 0 Å². The van der Waals surface area contributed by atoms with Gasteiger partial charge in [0.15, 0.2) is 0 Å². The molecule has 0 heterocycles. The normalized spacial score (nSPS) is 29.7. The Kier molecular flexibility index (Phi) is 3.52. The van der Waals surface area contributed by atoms with Crippen LogP contribution in [-0.4, -0.2) is 12.5 Å². The molecule has 1 aliphatic rings. The lowest BCUT2D eigenvalue weighted by molar-refractivity contribution is 0.00540. The summed E-state index contributed by atoms with van der Waals surface area (Å²) in [6.07, 6.45) is 0.641. The molecule has 0 amide bonds. The average Bonchev–Trinajstić information content (AvgIpc) is 2.10. The lowest BCUT2D eigenvalue weighted by Gasteiger charge is -2.06. The lowest BCUT2D eigenvalue weighted by atomic mass is 10.1. The molecule has 1 nitrogen and oxygen atoms in total. The molecule has 0 bridgehead atoms. The minimum atomic E-state index is -2.41. The highest BCUT2D eigenvalue weighted by molar-refractivity contribution is 5.85. The highest BCUT2D eigenvalue weighted by atomic mass is 35.5. The van der Waals surface area contributed by atoms with Crippen LogP contribution < -0.4 is 5.73 Å². The zero-order valence-electron chi connectivity index (χ0n) is 5.65. The molecule has 4 heteroatoms. The SMILES string of the molecule is Cl.NC[C@@H]1CCC(F)(F)C1. The Hall–Kier alpha value is 0.110. The van der Waals surface area contributed by atoms with E-state index in [0.29, 0.717) is 13.0 Å². The van der Waals surface area contributed by atoms with Crippen molar-refractivity contribution in [1.82, 2.24) is 0 Å². The van der Waals surface area contributed by atoms with Crippen LogP contribution in [0.25, 0.3) is 0 Å². The van der Waals surface area contributed by atoms with Gasteiger partial charge in [-0.1, -0.05) is 0 Å². The second kappa shape index (κ2) is 3.49. The fourth-order valence-corrected chi connectivity index (χ4v) is 1.24. The van der Waals surface area contributed by atoms with E-state index in [-0.39, 0.29) is 31.2 Å². The highest BCUT2D eigenvalue weighted by Gasteiger charge is 2.38. The number of halogens is 3. The minimum absolute atomic E-state index is 0. The molecule has 0 aromatic rings. The predicted molar refractivity (Wildman–Crippen MR) is 38.6 cm³/mol. The van der Waals surface area contributed by atoms with Crippen molar-refractivity contribution in [1.29, 1.82) is 0 Å². The Balaban J connectivity index is 0.000000810. The van der Waals surface area contributed by atoms with Crippen LogP contribution in [0.15, 0.2) is 0 Å². The van der Waals surface area contributed by atoms with E-state index in [9.17, 15) is 8.78 Å². The van der Waals surface area contributed by atoms with Crippen LogP contribution >= 0.6 is 12.4 Å². The molecule has 2 N–H and O–H groups in total. The van der Waals surface area contributed by atoms with Crippen LogP contribution in [-0.2, 0) is 0 Å². The monoisotopic (exact) mass is 171 g/mol. The van der Waals surface area contributed by atoms with Gasteiger partial charge in [-0.25, -0.2) is 8.78 Å². The molecular formula is C6H12ClF2N. The van der Waals surface area contributed by atoms with Crippen LogP contribution in [0.4, 0.5) is 8.78 Å². The summed E-state index contributed by atoms with van der Waals surface area (Å²) in [6.45, 7) is 0.412. The molecule has 0 aliphatic heterocycles. The lowest BCUT2D eigenvalue weighted by Crippen LogP contribution is -2.14. The van der Waals surface area contributed by atoms with Crippen LogP contribution in [0.1, 0.15) is 19.3 Å². The Morgan fingerprint density at radius 3 is 2.30 bits per heavy atom. The van der Waals surface area contributed by atoms with E-state index in [4.69, 9.17) is 5.73 Å². The molecule has 0 aromatic heterocycles. The van der Waals surface area contributed by atoms with Crippen molar-refractivity contribution in [2.24, 2.45) is 11.7 Å². The summed E-state index contributed by atoms with van der Waals surface area (Å²) in [7, 11) is 0. The summed E-state index contributed by atoms with van der Waals surface area (Å²) in [5.74, 6) is -2.34. The molecule has 10 heavy (non-hydrogen) atoms. The molecule has 0 spiro atoms. The molecule has 0 saturated heterocycles.